The number of ether oxygens (including phenoxy) is 2. The van der Waals surface area contributed by atoms with Crippen molar-refractivity contribution in [1.82, 2.24) is 5.32 Å². The second-order valence-electron chi connectivity index (χ2n) is 10.8. The monoisotopic (exact) mass is 697 g/mol. The number of nitrogens with one attached hydrogen (secondary N) is 1. The molecule has 0 saturated heterocycles. The smallest absolute Gasteiger partial charge is 0.416 e. The van der Waals surface area contributed by atoms with E-state index in [0.717, 1.165) is 6.07 Å². The molecule has 4 aromatic rings. The lowest BCUT2D eigenvalue weighted by Crippen LogP contribution is -2.49. The first-order valence-electron chi connectivity index (χ1n) is 14.7. The van der Waals surface area contributed by atoms with Crippen LogP contribution in [-0.2, 0) is 28.7 Å². The van der Waals surface area contributed by atoms with E-state index in [4.69, 9.17) is 42.8 Å². The summed E-state index contributed by atoms with van der Waals surface area (Å²) in [4.78, 5) is 22.3. The van der Waals surface area contributed by atoms with Gasteiger partial charge in [0.25, 0.3) is 5.91 Å². The van der Waals surface area contributed by atoms with Crippen molar-refractivity contribution in [1.29, 1.82) is 0 Å². The fourth-order valence-corrected chi connectivity index (χ4v) is 5.86. The average Bonchev–Trinajstić information content (AvgIpc) is 3.44. The van der Waals surface area contributed by atoms with Crippen molar-refractivity contribution in [3.63, 3.8) is 0 Å². The third-order valence-electron chi connectivity index (χ3n) is 7.64. The number of benzene rings is 4. The minimum atomic E-state index is -4.65. The Balaban J connectivity index is 1.63. The Morgan fingerprint density at radius 3 is 2.44 bits per heavy atom. The first kappa shape index (κ1) is 34.6. The maximum Gasteiger partial charge on any atom is 0.416 e. The van der Waals surface area contributed by atoms with Gasteiger partial charge in [-0.25, -0.2) is 4.99 Å². The molecule has 0 saturated carbocycles. The molecule has 0 aliphatic carbocycles. The number of halogens is 5. The van der Waals surface area contributed by atoms with Crippen molar-refractivity contribution in [2.45, 2.75) is 37.2 Å². The number of rotatable bonds is 12. The minimum Gasteiger partial charge on any atom is -0.494 e. The summed E-state index contributed by atoms with van der Waals surface area (Å²) in [6, 6.07) is 22.9. The number of hydrogen-bond donors (Lipinski definition) is 2. The number of hydrogen-bond acceptors (Lipinski definition) is 6. The Kier molecular flexibility index (Phi) is 10.8. The quantitative estimate of drug-likeness (QED) is 0.0665. The molecule has 4 aromatic carbocycles. The summed E-state index contributed by atoms with van der Waals surface area (Å²) < 4.78 is 53.6. The van der Waals surface area contributed by atoms with Gasteiger partial charge in [0.2, 0.25) is 5.90 Å². The van der Waals surface area contributed by atoms with E-state index >= 15 is 0 Å². The molecule has 0 aromatic heterocycles. The molecule has 2 atom stereocenters. The minimum absolute atomic E-state index is 0.0217. The summed E-state index contributed by atoms with van der Waals surface area (Å²) in [5.74, 6) is -0.177. The van der Waals surface area contributed by atoms with Crippen LogP contribution >= 0.6 is 23.2 Å². The summed E-state index contributed by atoms with van der Waals surface area (Å²) in [6.07, 6.45) is -5.59. The van der Waals surface area contributed by atoms with Crippen LogP contribution in [0.1, 0.15) is 40.3 Å². The first-order valence-corrected chi connectivity index (χ1v) is 15.4. The molecule has 14 heteroatoms. The van der Waals surface area contributed by atoms with E-state index in [1.165, 1.54) is 24.3 Å². The Morgan fingerprint density at radius 1 is 1.04 bits per heavy atom. The fraction of sp³-hybridized carbons (Fsp3) is 0.235. The van der Waals surface area contributed by atoms with Crippen LogP contribution in [0.15, 0.2) is 101 Å². The molecule has 0 spiro atoms. The standard InChI is InChI=1S/C34H28Cl2F3N5O4/c35-24-12-15-26(28(36)18-24)30-33(19-22-6-2-4-9-29(22)43-44-40,32(46)41-20-23-7-1-3-8-27(23)34(37,38)39)42-31(48-30)21-10-13-25(14-11-21)47-17-5-16-45/h1-4,6-15,18,30,45H,5,16-17,19-20H2,(H,41,46)/t30-,33-/m1/s1. The van der Waals surface area contributed by atoms with Gasteiger partial charge in [0.15, 0.2) is 11.6 Å². The van der Waals surface area contributed by atoms with Crippen molar-refractivity contribution < 1.29 is 32.5 Å². The van der Waals surface area contributed by atoms with Crippen LogP contribution in [0, 0.1) is 0 Å². The second kappa shape index (κ2) is 15.0. The van der Waals surface area contributed by atoms with Gasteiger partial charge in [0, 0.05) is 57.8 Å². The van der Waals surface area contributed by atoms with E-state index in [1.54, 1.807) is 60.7 Å². The fourth-order valence-electron chi connectivity index (χ4n) is 5.35. The summed E-state index contributed by atoms with van der Waals surface area (Å²) in [6.45, 7) is -0.193. The van der Waals surface area contributed by atoms with Gasteiger partial charge in [-0.05, 0) is 59.1 Å². The van der Waals surface area contributed by atoms with Gasteiger partial charge in [-0.3, -0.25) is 4.79 Å². The Labute approximate surface area is 283 Å². The van der Waals surface area contributed by atoms with Crippen molar-refractivity contribution >= 4 is 40.7 Å². The highest BCUT2D eigenvalue weighted by Crippen LogP contribution is 2.46. The van der Waals surface area contributed by atoms with Gasteiger partial charge in [0.1, 0.15) is 5.75 Å². The third kappa shape index (κ3) is 7.69. The van der Waals surface area contributed by atoms with Crippen molar-refractivity contribution in [3.05, 3.63) is 139 Å². The largest absolute Gasteiger partial charge is 0.494 e. The molecule has 9 nitrogen and oxygen atoms in total. The molecule has 1 aliphatic heterocycles. The van der Waals surface area contributed by atoms with E-state index in [0.29, 0.717) is 40.5 Å². The van der Waals surface area contributed by atoms with E-state index in [1.807, 2.05) is 0 Å². The first-order chi connectivity index (χ1) is 23.1. The van der Waals surface area contributed by atoms with Crippen molar-refractivity contribution in [2.24, 2.45) is 10.1 Å². The van der Waals surface area contributed by atoms with Crippen LogP contribution in [-0.4, -0.2) is 35.7 Å². The van der Waals surface area contributed by atoms with Gasteiger partial charge < -0.3 is 19.9 Å². The zero-order valence-corrected chi connectivity index (χ0v) is 26.6. The molecule has 0 bridgehead atoms. The number of aliphatic imine (C=N–C) groups is 1. The van der Waals surface area contributed by atoms with Crippen LogP contribution in [0.4, 0.5) is 18.9 Å². The highest BCUT2D eigenvalue weighted by atomic mass is 35.5. The lowest BCUT2D eigenvalue weighted by atomic mass is 9.81. The highest BCUT2D eigenvalue weighted by molar-refractivity contribution is 6.35. The molecule has 1 amide bonds. The van der Waals surface area contributed by atoms with E-state index in [9.17, 15) is 23.5 Å². The summed E-state index contributed by atoms with van der Waals surface area (Å²) in [5.41, 5.74) is 7.80. The number of aliphatic hydroxyl groups excluding tert-OH is 1. The zero-order chi connectivity index (χ0) is 34.3. The average molecular weight is 699 g/mol. The van der Waals surface area contributed by atoms with Crippen LogP contribution in [0.2, 0.25) is 10.0 Å². The molecule has 1 heterocycles. The van der Waals surface area contributed by atoms with Crippen LogP contribution in [0.3, 0.4) is 0 Å². The number of alkyl halides is 3. The number of amides is 1. The SMILES string of the molecule is [N-]=[N+]=Nc1ccccc1C[C@@]1(C(=O)NCc2ccccc2C(F)(F)F)N=C(c2ccc(OCCCO)cc2)O[C@@H]1c1ccc(Cl)cc1Cl. The van der Waals surface area contributed by atoms with E-state index < -0.39 is 35.8 Å². The maximum absolute atomic E-state index is 14.5. The number of aliphatic hydroxyl groups is 1. The molecule has 5 rings (SSSR count). The molecule has 0 fully saturated rings. The molecule has 2 N–H and O–H groups in total. The van der Waals surface area contributed by atoms with Crippen LogP contribution in [0.25, 0.3) is 10.4 Å². The number of carbonyl (C=O) groups is 1. The highest BCUT2D eigenvalue weighted by Gasteiger charge is 2.54. The predicted octanol–water partition coefficient (Wildman–Crippen LogP) is 8.53. The lowest BCUT2D eigenvalue weighted by molar-refractivity contribution is -0.138. The van der Waals surface area contributed by atoms with Crippen molar-refractivity contribution in [3.8, 4) is 5.75 Å². The summed E-state index contributed by atoms with van der Waals surface area (Å²) in [7, 11) is 0. The molecule has 0 unspecified atom stereocenters. The molecular weight excluding hydrogens is 670 g/mol. The predicted molar refractivity (Wildman–Crippen MR) is 175 cm³/mol. The van der Waals surface area contributed by atoms with Gasteiger partial charge in [0.05, 0.1) is 12.2 Å². The lowest BCUT2D eigenvalue weighted by Gasteiger charge is -2.32. The van der Waals surface area contributed by atoms with Gasteiger partial charge in [-0.2, -0.15) is 13.2 Å². The summed E-state index contributed by atoms with van der Waals surface area (Å²) in [5, 5.41) is 16.0. The third-order valence-corrected chi connectivity index (χ3v) is 8.20. The Morgan fingerprint density at radius 2 is 1.75 bits per heavy atom. The topological polar surface area (TPSA) is 129 Å². The van der Waals surface area contributed by atoms with Gasteiger partial charge >= 0.3 is 6.18 Å². The summed E-state index contributed by atoms with van der Waals surface area (Å²) >= 11 is 12.9. The number of carbonyl (C=O) groups excluding carboxylic acids is 1. The van der Waals surface area contributed by atoms with Crippen LogP contribution < -0.4 is 10.1 Å². The molecule has 1 aliphatic rings. The van der Waals surface area contributed by atoms with E-state index in [-0.39, 0.29) is 35.2 Å². The Hall–Kier alpha value is -4.74. The van der Waals surface area contributed by atoms with Gasteiger partial charge in [-0.1, -0.05) is 76.8 Å². The maximum atomic E-state index is 14.5. The number of azide groups is 1. The van der Waals surface area contributed by atoms with Crippen LogP contribution in [0.5, 0.6) is 5.75 Å². The molecule has 248 valence electrons. The molecule has 48 heavy (non-hydrogen) atoms. The Bertz CT molecular complexity index is 1870. The second-order valence-corrected chi connectivity index (χ2v) is 11.6. The normalized spacial score (nSPS) is 17.2. The van der Waals surface area contributed by atoms with Crippen molar-refractivity contribution in [2.75, 3.05) is 13.2 Å². The molecule has 0 radical (unpaired) electrons. The zero-order valence-electron chi connectivity index (χ0n) is 25.1. The number of nitrogens with zero attached hydrogens (tertiary/aromatic N) is 4. The van der Waals surface area contributed by atoms with Gasteiger partial charge in [-0.15, -0.1) is 0 Å². The molecular formula is C34H28Cl2F3N5O4. The van der Waals surface area contributed by atoms with E-state index in [2.05, 4.69) is 15.3 Å².